The van der Waals surface area contributed by atoms with Gasteiger partial charge in [0.25, 0.3) is 0 Å². The third-order valence-electron chi connectivity index (χ3n) is 4.07. The van der Waals surface area contributed by atoms with Crippen molar-refractivity contribution in [2.75, 3.05) is 0 Å². The zero-order valence-electron chi connectivity index (χ0n) is 14.7. The summed E-state index contributed by atoms with van der Waals surface area (Å²) in [6.45, 7) is 4.50. The van der Waals surface area contributed by atoms with Gasteiger partial charge in [-0.15, -0.1) is 0 Å². The van der Waals surface area contributed by atoms with Gasteiger partial charge >= 0.3 is 0 Å². The lowest BCUT2D eigenvalue weighted by molar-refractivity contribution is 0.306. The molecule has 0 atom stereocenters. The number of hydrogen-bond donors (Lipinski definition) is 0. The van der Waals surface area contributed by atoms with Crippen LogP contribution >= 0.6 is 23.2 Å². The van der Waals surface area contributed by atoms with Crippen LogP contribution in [0.1, 0.15) is 22.3 Å². The van der Waals surface area contributed by atoms with E-state index in [1.165, 1.54) is 5.56 Å². The van der Waals surface area contributed by atoms with E-state index in [0.717, 1.165) is 28.1 Å². The Morgan fingerprint density at radius 3 is 2.50 bits per heavy atom. The largest absolute Gasteiger partial charge is 0.488 e. The number of aliphatic imine (C=N–C) groups is 1. The third-order valence-corrected chi connectivity index (χ3v) is 4.71. The molecule has 0 spiro atoms. The molecule has 3 aromatic rings. The predicted octanol–water partition coefficient (Wildman–Crippen LogP) is 6.94. The highest BCUT2D eigenvalue weighted by Crippen LogP contribution is 2.27. The molecule has 0 amide bonds. The van der Waals surface area contributed by atoms with Crippen LogP contribution < -0.4 is 4.74 Å². The average Bonchev–Trinajstić information content (AvgIpc) is 2.63. The van der Waals surface area contributed by atoms with E-state index >= 15 is 0 Å². The Labute approximate surface area is 164 Å². The normalized spacial score (nSPS) is 11.1. The van der Waals surface area contributed by atoms with E-state index in [0.29, 0.717) is 16.7 Å². The maximum Gasteiger partial charge on any atom is 0.128 e. The molecule has 0 aliphatic carbocycles. The summed E-state index contributed by atoms with van der Waals surface area (Å²) in [5.74, 6) is 0.735. The first kappa shape index (κ1) is 18.5. The Morgan fingerprint density at radius 2 is 1.73 bits per heavy atom. The van der Waals surface area contributed by atoms with Gasteiger partial charge in [0.2, 0.25) is 0 Å². The summed E-state index contributed by atoms with van der Waals surface area (Å²) in [7, 11) is 0. The van der Waals surface area contributed by atoms with E-state index in [2.05, 4.69) is 36.2 Å². The smallest absolute Gasteiger partial charge is 0.128 e. The summed E-state index contributed by atoms with van der Waals surface area (Å²) in [6.07, 6.45) is 1.76. The van der Waals surface area contributed by atoms with E-state index in [1.807, 2.05) is 43.3 Å². The molecular weight excluding hydrogens is 365 g/mol. The van der Waals surface area contributed by atoms with Crippen LogP contribution in [0.5, 0.6) is 5.75 Å². The fourth-order valence-corrected chi connectivity index (χ4v) is 2.82. The highest BCUT2D eigenvalue weighted by molar-refractivity contribution is 6.31. The average molecular weight is 384 g/mol. The monoisotopic (exact) mass is 383 g/mol. The van der Waals surface area contributed by atoms with E-state index in [1.54, 1.807) is 6.21 Å². The van der Waals surface area contributed by atoms with E-state index < -0.39 is 0 Å². The zero-order valence-corrected chi connectivity index (χ0v) is 16.2. The van der Waals surface area contributed by atoms with E-state index in [9.17, 15) is 0 Å². The second-order valence-electron chi connectivity index (χ2n) is 6.10. The molecule has 0 aromatic heterocycles. The molecule has 3 aromatic carbocycles. The SMILES string of the molecule is Cc1ccc(COc2ccc(Cl)cc2C=Nc2cccc(Cl)c2C)cc1. The molecule has 132 valence electrons. The van der Waals surface area contributed by atoms with Gasteiger partial charge < -0.3 is 4.74 Å². The Kier molecular flexibility index (Phi) is 5.97. The van der Waals surface area contributed by atoms with Crippen LogP contribution in [-0.4, -0.2) is 6.21 Å². The van der Waals surface area contributed by atoms with Crippen LogP contribution in [0.15, 0.2) is 65.7 Å². The molecule has 0 unspecified atom stereocenters. The quantitative estimate of drug-likeness (QED) is 0.437. The highest BCUT2D eigenvalue weighted by Gasteiger charge is 2.05. The Balaban J connectivity index is 1.82. The van der Waals surface area contributed by atoms with Crippen LogP contribution in [0.3, 0.4) is 0 Å². The molecule has 0 saturated carbocycles. The second-order valence-corrected chi connectivity index (χ2v) is 6.94. The Bertz CT molecular complexity index is 933. The molecule has 0 saturated heterocycles. The maximum absolute atomic E-state index is 6.16. The molecule has 0 aliphatic heterocycles. The van der Waals surface area contributed by atoms with Gasteiger partial charge in [-0.25, -0.2) is 0 Å². The number of aryl methyl sites for hydroxylation is 1. The van der Waals surface area contributed by atoms with Crippen molar-refractivity contribution in [2.45, 2.75) is 20.5 Å². The molecule has 0 radical (unpaired) electrons. The van der Waals surface area contributed by atoms with Crippen LogP contribution in [0.25, 0.3) is 0 Å². The first-order valence-corrected chi connectivity index (χ1v) is 9.05. The number of rotatable bonds is 5. The minimum absolute atomic E-state index is 0.485. The molecule has 3 rings (SSSR count). The summed E-state index contributed by atoms with van der Waals surface area (Å²) >= 11 is 12.3. The lowest BCUT2D eigenvalue weighted by Crippen LogP contribution is -1.98. The van der Waals surface area contributed by atoms with Gasteiger partial charge in [0.15, 0.2) is 0 Å². The Hall–Kier alpha value is -2.29. The van der Waals surface area contributed by atoms with Crippen molar-refractivity contribution in [3.05, 3.63) is 93.0 Å². The molecular formula is C22H19Cl2NO. The van der Waals surface area contributed by atoms with Gasteiger partial charge in [-0.05, 0) is 55.3 Å². The standard InChI is InChI=1S/C22H19Cl2NO/c1-15-6-8-17(9-7-15)14-26-22-11-10-19(23)12-18(22)13-25-21-5-3-4-20(24)16(21)2/h3-13H,14H2,1-2H3. The van der Waals surface area contributed by atoms with Gasteiger partial charge in [-0.3, -0.25) is 4.99 Å². The van der Waals surface area contributed by atoms with Crippen molar-refractivity contribution in [3.63, 3.8) is 0 Å². The summed E-state index contributed by atoms with van der Waals surface area (Å²) in [4.78, 5) is 4.56. The van der Waals surface area contributed by atoms with Crippen LogP contribution in [-0.2, 0) is 6.61 Å². The summed E-state index contributed by atoms with van der Waals surface area (Å²) < 4.78 is 5.98. The van der Waals surface area contributed by atoms with Crippen molar-refractivity contribution in [2.24, 2.45) is 4.99 Å². The summed E-state index contributed by atoms with van der Waals surface area (Å²) in [6, 6.07) is 19.5. The molecule has 26 heavy (non-hydrogen) atoms. The lowest BCUT2D eigenvalue weighted by Gasteiger charge is -2.10. The summed E-state index contributed by atoms with van der Waals surface area (Å²) in [5, 5.41) is 1.33. The van der Waals surface area contributed by atoms with Gasteiger partial charge in [0.1, 0.15) is 12.4 Å². The Morgan fingerprint density at radius 1 is 0.962 bits per heavy atom. The van der Waals surface area contributed by atoms with Crippen molar-refractivity contribution in [1.29, 1.82) is 0 Å². The molecule has 0 fully saturated rings. The topological polar surface area (TPSA) is 21.6 Å². The number of hydrogen-bond acceptors (Lipinski definition) is 2. The fourth-order valence-electron chi connectivity index (χ4n) is 2.47. The minimum Gasteiger partial charge on any atom is -0.488 e. The second kappa shape index (κ2) is 8.39. The molecule has 2 nitrogen and oxygen atoms in total. The molecule has 4 heteroatoms. The van der Waals surface area contributed by atoms with Gasteiger partial charge in [-0.1, -0.05) is 59.1 Å². The fraction of sp³-hybridized carbons (Fsp3) is 0.136. The van der Waals surface area contributed by atoms with Crippen molar-refractivity contribution in [3.8, 4) is 5.75 Å². The number of benzene rings is 3. The maximum atomic E-state index is 6.16. The van der Waals surface area contributed by atoms with Crippen molar-refractivity contribution < 1.29 is 4.74 Å². The zero-order chi connectivity index (χ0) is 18.5. The molecule has 0 aliphatic rings. The van der Waals surface area contributed by atoms with Crippen LogP contribution in [0.2, 0.25) is 10.0 Å². The van der Waals surface area contributed by atoms with E-state index in [4.69, 9.17) is 27.9 Å². The lowest BCUT2D eigenvalue weighted by atomic mass is 10.1. The highest BCUT2D eigenvalue weighted by atomic mass is 35.5. The number of nitrogens with zero attached hydrogens (tertiary/aromatic N) is 1. The molecule has 0 N–H and O–H groups in total. The first-order valence-electron chi connectivity index (χ1n) is 8.30. The number of halogens is 2. The van der Waals surface area contributed by atoms with Crippen molar-refractivity contribution in [1.82, 2.24) is 0 Å². The van der Waals surface area contributed by atoms with Crippen LogP contribution in [0, 0.1) is 13.8 Å². The number of ether oxygens (including phenoxy) is 1. The third kappa shape index (κ3) is 4.66. The van der Waals surface area contributed by atoms with Crippen LogP contribution in [0.4, 0.5) is 5.69 Å². The predicted molar refractivity (Wildman–Crippen MR) is 110 cm³/mol. The first-order chi connectivity index (χ1) is 12.5. The van der Waals surface area contributed by atoms with E-state index in [-0.39, 0.29) is 0 Å². The molecule has 0 bridgehead atoms. The van der Waals surface area contributed by atoms with Gasteiger partial charge in [0, 0.05) is 21.8 Å². The van der Waals surface area contributed by atoms with Gasteiger partial charge in [0.05, 0.1) is 5.69 Å². The van der Waals surface area contributed by atoms with Crippen molar-refractivity contribution >= 4 is 35.1 Å². The van der Waals surface area contributed by atoms with Gasteiger partial charge in [-0.2, -0.15) is 0 Å². The minimum atomic E-state index is 0.485. The molecule has 0 heterocycles. The summed E-state index contributed by atoms with van der Waals surface area (Å²) in [5.41, 5.74) is 4.92.